The fourth-order valence-corrected chi connectivity index (χ4v) is 3.99. The van der Waals surface area contributed by atoms with Crippen molar-refractivity contribution >= 4 is 40.0 Å². The highest BCUT2D eigenvalue weighted by Crippen LogP contribution is 2.42. The van der Waals surface area contributed by atoms with E-state index in [1.165, 1.54) is 32.7 Å². The van der Waals surface area contributed by atoms with Crippen LogP contribution in [0.4, 0.5) is 0 Å². The molecule has 0 aliphatic heterocycles. The van der Waals surface area contributed by atoms with Gasteiger partial charge in [-0.2, -0.15) is 0 Å². The van der Waals surface area contributed by atoms with Gasteiger partial charge in [0.1, 0.15) is 0 Å². The van der Waals surface area contributed by atoms with E-state index in [1.54, 1.807) is 0 Å². The van der Waals surface area contributed by atoms with Crippen LogP contribution in [0.15, 0.2) is 29.3 Å². The molecule has 3 N–H and O–H groups in total. The van der Waals surface area contributed by atoms with Crippen LogP contribution in [0.1, 0.15) is 50.7 Å². The largest absolute Gasteiger partial charge is 0.357 e. The average molecular weight is 508 g/mol. The summed E-state index contributed by atoms with van der Waals surface area (Å²) in [5.41, 5.74) is 2.20. The molecule has 0 heterocycles. The zero-order valence-corrected chi connectivity index (χ0v) is 19.7. The Kier molecular flexibility index (Phi) is 10.0. The van der Waals surface area contributed by atoms with Crippen LogP contribution >= 0.6 is 24.0 Å². The minimum Gasteiger partial charge on any atom is -0.357 e. The molecule has 8 heteroatoms. The van der Waals surface area contributed by atoms with Gasteiger partial charge in [0.15, 0.2) is 5.96 Å². The lowest BCUT2D eigenvalue weighted by Crippen LogP contribution is -2.46. The van der Waals surface area contributed by atoms with Gasteiger partial charge in [-0.05, 0) is 49.8 Å². The van der Waals surface area contributed by atoms with E-state index in [0.717, 1.165) is 30.2 Å². The second kappa shape index (κ2) is 11.2. The van der Waals surface area contributed by atoms with Crippen molar-refractivity contribution in [2.75, 3.05) is 20.1 Å². The summed E-state index contributed by atoms with van der Waals surface area (Å²) in [4.78, 5) is 4.67. The van der Waals surface area contributed by atoms with Crippen molar-refractivity contribution in [3.63, 3.8) is 0 Å². The Morgan fingerprint density at radius 3 is 2.44 bits per heavy atom. The molecule has 1 aliphatic rings. The zero-order valence-electron chi connectivity index (χ0n) is 16.5. The monoisotopic (exact) mass is 508 g/mol. The molecule has 0 bridgehead atoms. The van der Waals surface area contributed by atoms with Crippen LogP contribution < -0.4 is 15.4 Å². The predicted octanol–water partition coefficient (Wildman–Crippen LogP) is 2.99. The molecule has 1 fully saturated rings. The zero-order chi connectivity index (χ0) is 19.0. The van der Waals surface area contributed by atoms with Gasteiger partial charge in [-0.1, -0.05) is 37.6 Å². The van der Waals surface area contributed by atoms with Gasteiger partial charge in [-0.25, -0.2) is 18.1 Å². The second-order valence-corrected chi connectivity index (χ2v) is 8.97. The van der Waals surface area contributed by atoms with Crippen LogP contribution in [0.25, 0.3) is 0 Å². The number of hydrogen-bond acceptors (Lipinski definition) is 3. The third-order valence-electron chi connectivity index (χ3n) is 5.22. The van der Waals surface area contributed by atoms with Crippen molar-refractivity contribution in [2.24, 2.45) is 10.4 Å². The molecule has 27 heavy (non-hydrogen) atoms. The summed E-state index contributed by atoms with van der Waals surface area (Å²) >= 11 is 0. The van der Waals surface area contributed by atoms with Crippen LogP contribution in [0.2, 0.25) is 0 Å². The topological polar surface area (TPSA) is 82.6 Å². The van der Waals surface area contributed by atoms with E-state index in [1.807, 2.05) is 24.3 Å². The smallest absolute Gasteiger partial charge is 0.215 e. The lowest BCUT2D eigenvalue weighted by atomic mass is 9.67. The Morgan fingerprint density at radius 1 is 1.19 bits per heavy atom. The number of rotatable bonds is 9. The number of benzene rings is 1. The summed E-state index contributed by atoms with van der Waals surface area (Å²) in [5, 5.41) is 6.77. The van der Waals surface area contributed by atoms with E-state index in [2.05, 4.69) is 34.2 Å². The molecule has 0 atom stereocenters. The molecule has 0 saturated heterocycles. The molecule has 0 radical (unpaired) electrons. The van der Waals surface area contributed by atoms with Crippen molar-refractivity contribution < 1.29 is 8.42 Å². The van der Waals surface area contributed by atoms with E-state index in [-0.39, 0.29) is 29.7 Å². The fraction of sp³-hybridized carbons (Fsp3) is 0.632. The summed E-state index contributed by atoms with van der Waals surface area (Å²) in [6.07, 6.45) is 5.10. The quantitative estimate of drug-likeness (QED) is 0.272. The standard InChI is InChI=1S/C19H32N4O2S.HI/c1-4-19(10-7-11-19)15-23-18(21-5-2)22-13-16-8-6-9-17(12-16)14-26(24,25)20-3;/h6,8-9,12,20H,4-5,7,10-11,13-15H2,1-3H3,(H2,21,22,23);1H. The molecule has 6 nitrogen and oxygen atoms in total. The fourth-order valence-electron chi connectivity index (χ4n) is 3.22. The first-order valence-corrected chi connectivity index (χ1v) is 11.1. The number of sulfonamides is 1. The summed E-state index contributed by atoms with van der Waals surface area (Å²) in [6.45, 7) is 6.60. The SMILES string of the molecule is CCNC(=NCc1cccc(CS(=O)(=O)NC)c1)NCC1(CC)CCC1.I. The van der Waals surface area contributed by atoms with Crippen molar-refractivity contribution in [1.82, 2.24) is 15.4 Å². The summed E-state index contributed by atoms with van der Waals surface area (Å²) in [7, 11) is -1.83. The highest BCUT2D eigenvalue weighted by molar-refractivity contribution is 14.0. The third-order valence-corrected chi connectivity index (χ3v) is 6.55. The molecular formula is C19H33IN4O2S. The van der Waals surface area contributed by atoms with E-state index in [0.29, 0.717) is 12.0 Å². The molecule has 0 unspecified atom stereocenters. The van der Waals surface area contributed by atoms with Gasteiger partial charge < -0.3 is 10.6 Å². The number of nitrogens with one attached hydrogen (secondary N) is 3. The molecule has 0 spiro atoms. The van der Waals surface area contributed by atoms with Gasteiger partial charge in [0, 0.05) is 13.1 Å². The highest BCUT2D eigenvalue weighted by Gasteiger charge is 2.34. The van der Waals surface area contributed by atoms with Crippen molar-refractivity contribution in [3.05, 3.63) is 35.4 Å². The van der Waals surface area contributed by atoms with Crippen molar-refractivity contribution in [3.8, 4) is 0 Å². The van der Waals surface area contributed by atoms with E-state index >= 15 is 0 Å². The number of hydrogen-bond donors (Lipinski definition) is 3. The van der Waals surface area contributed by atoms with Gasteiger partial charge in [0.25, 0.3) is 0 Å². The molecular weight excluding hydrogens is 475 g/mol. The first-order valence-electron chi connectivity index (χ1n) is 9.43. The number of halogens is 1. The third kappa shape index (κ3) is 7.57. The molecule has 2 rings (SSSR count). The second-order valence-electron chi connectivity index (χ2n) is 7.04. The molecule has 154 valence electrons. The maximum atomic E-state index is 11.7. The van der Waals surface area contributed by atoms with Gasteiger partial charge in [-0.3, -0.25) is 0 Å². The molecule has 1 saturated carbocycles. The minimum atomic E-state index is -3.26. The number of guanidine groups is 1. The molecule has 0 amide bonds. The predicted molar refractivity (Wildman–Crippen MR) is 123 cm³/mol. The van der Waals surface area contributed by atoms with Gasteiger partial charge in [0.2, 0.25) is 10.0 Å². The molecule has 1 aromatic rings. The van der Waals surface area contributed by atoms with Gasteiger partial charge >= 0.3 is 0 Å². The Morgan fingerprint density at radius 2 is 1.89 bits per heavy atom. The highest BCUT2D eigenvalue weighted by atomic mass is 127. The van der Waals surface area contributed by atoms with Crippen LogP contribution in [0.5, 0.6) is 0 Å². The first kappa shape index (κ1) is 24.2. The van der Waals surface area contributed by atoms with Gasteiger partial charge in [0.05, 0.1) is 12.3 Å². The summed E-state index contributed by atoms with van der Waals surface area (Å²) < 4.78 is 25.8. The summed E-state index contributed by atoms with van der Waals surface area (Å²) in [5.74, 6) is 0.804. The lowest BCUT2D eigenvalue weighted by molar-refractivity contribution is 0.131. The molecule has 1 aliphatic carbocycles. The van der Waals surface area contributed by atoms with Crippen LogP contribution in [-0.2, 0) is 22.3 Å². The minimum absolute atomic E-state index is 0. The Hall–Kier alpha value is -0.870. The van der Waals surface area contributed by atoms with Gasteiger partial charge in [-0.15, -0.1) is 24.0 Å². The average Bonchev–Trinajstić information content (AvgIpc) is 2.59. The van der Waals surface area contributed by atoms with E-state index in [9.17, 15) is 8.42 Å². The van der Waals surface area contributed by atoms with Crippen molar-refractivity contribution in [1.29, 1.82) is 0 Å². The summed E-state index contributed by atoms with van der Waals surface area (Å²) in [6, 6.07) is 7.59. The molecule has 1 aromatic carbocycles. The van der Waals surface area contributed by atoms with Crippen LogP contribution in [-0.4, -0.2) is 34.5 Å². The Bertz CT molecular complexity index is 713. The van der Waals surface area contributed by atoms with Crippen LogP contribution in [0.3, 0.4) is 0 Å². The maximum Gasteiger partial charge on any atom is 0.215 e. The van der Waals surface area contributed by atoms with Crippen LogP contribution in [0, 0.1) is 5.41 Å². The first-order chi connectivity index (χ1) is 12.4. The van der Waals surface area contributed by atoms with E-state index in [4.69, 9.17) is 0 Å². The molecule has 0 aromatic heterocycles. The maximum absolute atomic E-state index is 11.7. The van der Waals surface area contributed by atoms with E-state index < -0.39 is 10.0 Å². The number of nitrogens with zero attached hydrogens (tertiary/aromatic N) is 1. The Balaban J connectivity index is 0.00000364. The van der Waals surface area contributed by atoms with Crippen molar-refractivity contribution in [2.45, 2.75) is 51.8 Å². The Labute approximate surface area is 181 Å². The lowest BCUT2D eigenvalue weighted by Gasteiger charge is -2.41. The number of aliphatic imine (C=N–C) groups is 1. The normalized spacial score (nSPS) is 16.2.